The van der Waals surface area contributed by atoms with Crippen LogP contribution in [0, 0.1) is 6.92 Å². The van der Waals surface area contributed by atoms with Crippen molar-refractivity contribution in [2.75, 3.05) is 25.2 Å². The number of rotatable bonds is 8. The van der Waals surface area contributed by atoms with E-state index in [9.17, 15) is 14.7 Å². The molecule has 4 atom stereocenters. The fraction of sp³-hybridized carbons (Fsp3) is 0.480. The first-order valence-electron chi connectivity index (χ1n) is 11.7. The standard InChI is InChI=1S/C25H32N4O5/c1-15-21(4-3-5-22(15)34-2)25(33)28-17-10-18-7-8-19(11-17)29(18)23-9-6-16(12-26-23)24(32)27-13-20(31)14-30/h3-6,9,12,17-20,30-31H,7-8,10-11,13-14H2,1-2H3,(H,27,32)(H,28,33)/t17?,18-,19+,20?. The molecule has 1 aromatic carbocycles. The first-order chi connectivity index (χ1) is 16.4. The van der Waals surface area contributed by atoms with Crippen molar-refractivity contribution in [1.29, 1.82) is 0 Å². The van der Waals surface area contributed by atoms with E-state index in [0.717, 1.165) is 37.1 Å². The highest BCUT2D eigenvalue weighted by atomic mass is 16.5. The number of ether oxygens (including phenoxy) is 1. The average Bonchev–Trinajstić information content (AvgIpc) is 3.12. The summed E-state index contributed by atoms with van der Waals surface area (Å²) in [4.78, 5) is 32.0. The fourth-order valence-electron chi connectivity index (χ4n) is 5.06. The first kappa shape index (κ1) is 24.0. The lowest BCUT2D eigenvalue weighted by Crippen LogP contribution is -2.50. The third-order valence-corrected chi connectivity index (χ3v) is 6.80. The molecule has 34 heavy (non-hydrogen) atoms. The van der Waals surface area contributed by atoms with E-state index in [1.54, 1.807) is 13.2 Å². The fourth-order valence-corrected chi connectivity index (χ4v) is 5.06. The van der Waals surface area contributed by atoms with Crippen LogP contribution in [0.25, 0.3) is 0 Å². The third kappa shape index (κ3) is 5.00. The second kappa shape index (κ2) is 10.4. The molecule has 182 valence electrons. The highest BCUT2D eigenvalue weighted by molar-refractivity contribution is 5.96. The summed E-state index contributed by atoms with van der Waals surface area (Å²) >= 11 is 0. The van der Waals surface area contributed by atoms with E-state index in [1.165, 1.54) is 6.20 Å². The van der Waals surface area contributed by atoms with Gasteiger partial charge in [-0.1, -0.05) is 6.07 Å². The van der Waals surface area contributed by atoms with Gasteiger partial charge in [-0.3, -0.25) is 9.59 Å². The lowest BCUT2D eigenvalue weighted by molar-refractivity contribution is 0.0801. The Bertz CT molecular complexity index is 1010. The number of fused-ring (bicyclic) bond motifs is 2. The van der Waals surface area contributed by atoms with Crippen molar-refractivity contribution in [3.8, 4) is 5.75 Å². The van der Waals surface area contributed by atoms with E-state index in [4.69, 9.17) is 9.84 Å². The minimum Gasteiger partial charge on any atom is -0.496 e. The summed E-state index contributed by atoms with van der Waals surface area (Å²) in [6, 6.07) is 9.73. The highest BCUT2D eigenvalue weighted by Crippen LogP contribution is 2.38. The van der Waals surface area contributed by atoms with Crippen LogP contribution >= 0.6 is 0 Å². The van der Waals surface area contributed by atoms with E-state index in [-0.39, 0.29) is 36.5 Å². The molecule has 4 N–H and O–H groups in total. The Balaban J connectivity index is 1.38. The van der Waals surface area contributed by atoms with Crippen LogP contribution in [0.4, 0.5) is 5.82 Å². The molecule has 0 spiro atoms. The van der Waals surface area contributed by atoms with Gasteiger partial charge >= 0.3 is 0 Å². The number of aromatic nitrogens is 1. The quantitative estimate of drug-likeness (QED) is 0.462. The predicted octanol–water partition coefficient (Wildman–Crippen LogP) is 1.41. The molecule has 2 bridgehead atoms. The Hall–Kier alpha value is -3.17. The Morgan fingerprint density at radius 2 is 1.91 bits per heavy atom. The number of hydrogen-bond donors (Lipinski definition) is 4. The summed E-state index contributed by atoms with van der Waals surface area (Å²) in [5, 5.41) is 24.1. The molecule has 3 heterocycles. The van der Waals surface area contributed by atoms with Gasteiger partial charge < -0.3 is 30.5 Å². The van der Waals surface area contributed by atoms with Crippen LogP contribution in [0.1, 0.15) is 52.0 Å². The van der Waals surface area contributed by atoms with Gasteiger partial charge in [-0.25, -0.2) is 4.98 Å². The number of carbonyl (C=O) groups excluding carboxylic acids is 2. The molecule has 2 unspecified atom stereocenters. The maximum absolute atomic E-state index is 12.9. The van der Waals surface area contributed by atoms with E-state index >= 15 is 0 Å². The average molecular weight is 469 g/mol. The summed E-state index contributed by atoms with van der Waals surface area (Å²) in [6.07, 6.45) is 4.31. The van der Waals surface area contributed by atoms with E-state index in [1.807, 2.05) is 31.2 Å². The van der Waals surface area contributed by atoms with Crippen LogP contribution in [0.3, 0.4) is 0 Å². The molecule has 2 aromatic rings. The van der Waals surface area contributed by atoms with Crippen LogP contribution in [-0.4, -0.2) is 71.5 Å². The van der Waals surface area contributed by atoms with Gasteiger partial charge in [0.2, 0.25) is 0 Å². The molecule has 2 fully saturated rings. The largest absolute Gasteiger partial charge is 0.496 e. The first-order valence-corrected chi connectivity index (χ1v) is 11.7. The number of nitrogens with one attached hydrogen (secondary N) is 2. The number of anilines is 1. The number of aliphatic hydroxyl groups excluding tert-OH is 2. The molecule has 2 saturated heterocycles. The maximum Gasteiger partial charge on any atom is 0.252 e. The lowest BCUT2D eigenvalue weighted by Gasteiger charge is -2.40. The van der Waals surface area contributed by atoms with Crippen LogP contribution in [-0.2, 0) is 0 Å². The summed E-state index contributed by atoms with van der Waals surface area (Å²) in [6.45, 7) is 1.47. The lowest BCUT2D eigenvalue weighted by atomic mass is 9.96. The second-order valence-corrected chi connectivity index (χ2v) is 9.02. The molecular formula is C25H32N4O5. The summed E-state index contributed by atoms with van der Waals surface area (Å²) < 4.78 is 5.35. The maximum atomic E-state index is 12.9. The molecule has 4 rings (SSSR count). The van der Waals surface area contributed by atoms with E-state index < -0.39 is 12.7 Å². The van der Waals surface area contributed by atoms with Crippen molar-refractivity contribution in [3.63, 3.8) is 0 Å². The summed E-state index contributed by atoms with van der Waals surface area (Å²) in [5.74, 6) is 1.11. The number of carbonyl (C=O) groups is 2. The number of nitrogens with zero attached hydrogens (tertiary/aromatic N) is 2. The highest BCUT2D eigenvalue weighted by Gasteiger charge is 2.42. The Morgan fingerprint density at radius 3 is 2.53 bits per heavy atom. The van der Waals surface area contributed by atoms with Crippen molar-refractivity contribution in [1.82, 2.24) is 15.6 Å². The monoisotopic (exact) mass is 468 g/mol. The molecule has 0 aliphatic carbocycles. The molecule has 0 radical (unpaired) electrons. The Kier molecular flexibility index (Phi) is 7.33. The number of hydrogen-bond acceptors (Lipinski definition) is 7. The zero-order chi connectivity index (χ0) is 24.2. The molecule has 2 aliphatic rings. The summed E-state index contributed by atoms with van der Waals surface area (Å²) in [5.41, 5.74) is 1.87. The van der Waals surface area contributed by atoms with Gasteiger partial charge in [0.1, 0.15) is 11.6 Å². The topological polar surface area (TPSA) is 124 Å². The number of aliphatic hydroxyl groups is 2. The van der Waals surface area contributed by atoms with Gasteiger partial charge in [-0.2, -0.15) is 0 Å². The molecule has 9 heteroatoms. The number of piperidine rings is 1. The third-order valence-electron chi connectivity index (χ3n) is 6.80. The van der Waals surface area contributed by atoms with Crippen molar-refractivity contribution in [2.24, 2.45) is 0 Å². The molecule has 9 nitrogen and oxygen atoms in total. The van der Waals surface area contributed by atoms with Gasteiger partial charge in [-0.15, -0.1) is 0 Å². The molecule has 2 amide bonds. The van der Waals surface area contributed by atoms with E-state index in [0.29, 0.717) is 16.9 Å². The summed E-state index contributed by atoms with van der Waals surface area (Å²) in [7, 11) is 1.60. The van der Waals surface area contributed by atoms with Crippen molar-refractivity contribution >= 4 is 17.6 Å². The van der Waals surface area contributed by atoms with Gasteiger partial charge in [0, 0.05) is 42.0 Å². The predicted molar refractivity (Wildman–Crippen MR) is 127 cm³/mol. The smallest absolute Gasteiger partial charge is 0.252 e. The molecule has 2 aliphatic heterocycles. The van der Waals surface area contributed by atoms with Crippen LogP contribution < -0.4 is 20.3 Å². The van der Waals surface area contributed by atoms with Crippen LogP contribution in [0.2, 0.25) is 0 Å². The van der Waals surface area contributed by atoms with Crippen molar-refractivity contribution in [3.05, 3.63) is 53.2 Å². The zero-order valence-electron chi connectivity index (χ0n) is 19.5. The van der Waals surface area contributed by atoms with Gasteiger partial charge in [0.15, 0.2) is 0 Å². The van der Waals surface area contributed by atoms with Crippen LogP contribution in [0.15, 0.2) is 36.5 Å². The zero-order valence-corrected chi connectivity index (χ0v) is 19.5. The van der Waals surface area contributed by atoms with Gasteiger partial charge in [0.25, 0.3) is 11.8 Å². The van der Waals surface area contributed by atoms with Crippen molar-refractivity contribution in [2.45, 2.75) is 56.8 Å². The van der Waals surface area contributed by atoms with Crippen LogP contribution in [0.5, 0.6) is 5.75 Å². The minimum atomic E-state index is -0.985. The van der Waals surface area contributed by atoms with Crippen molar-refractivity contribution < 1.29 is 24.5 Å². The molecule has 1 aromatic heterocycles. The normalized spacial score (nSPS) is 22.2. The number of amides is 2. The van der Waals surface area contributed by atoms with E-state index in [2.05, 4.69) is 20.5 Å². The second-order valence-electron chi connectivity index (χ2n) is 9.02. The number of benzene rings is 1. The number of pyridine rings is 1. The van der Waals surface area contributed by atoms with Gasteiger partial charge in [-0.05, 0) is 56.9 Å². The SMILES string of the molecule is COc1cccc(C(=O)NC2C[C@H]3CC[C@@H](C2)N3c2ccc(C(=O)NCC(O)CO)cn2)c1C. The molecular weight excluding hydrogens is 436 g/mol. The Morgan fingerprint density at radius 1 is 1.18 bits per heavy atom. The minimum absolute atomic E-state index is 0.0181. The number of methoxy groups -OCH3 is 1. The molecule has 0 saturated carbocycles. The Labute approximate surface area is 199 Å². The van der Waals surface area contributed by atoms with Gasteiger partial charge in [0.05, 0.1) is 25.4 Å².